The van der Waals surface area contributed by atoms with Gasteiger partial charge in [-0.15, -0.1) is 0 Å². The van der Waals surface area contributed by atoms with Gasteiger partial charge in [0.15, 0.2) is 0 Å². The molecule has 0 saturated heterocycles. The third kappa shape index (κ3) is 2.17. The fourth-order valence-electron chi connectivity index (χ4n) is 2.05. The second-order valence-corrected chi connectivity index (χ2v) is 4.04. The van der Waals surface area contributed by atoms with Crippen LogP contribution in [0.2, 0.25) is 0 Å². The maximum Gasteiger partial charge on any atom is 0.208 e. The quantitative estimate of drug-likeness (QED) is 0.294. The first-order valence-electron chi connectivity index (χ1n) is 5.69. The molecule has 94 valence electrons. The van der Waals surface area contributed by atoms with Crippen molar-refractivity contribution in [2.24, 2.45) is 10.8 Å². The molecule has 6 N–H and O–H groups in total. The van der Waals surface area contributed by atoms with Crippen molar-refractivity contribution in [3.8, 4) is 0 Å². The highest BCUT2D eigenvalue weighted by molar-refractivity contribution is 6.08. The first-order chi connectivity index (χ1) is 8.63. The molecule has 0 aromatic heterocycles. The van der Waals surface area contributed by atoms with E-state index in [4.69, 9.17) is 16.6 Å². The van der Waals surface area contributed by atoms with Gasteiger partial charge < -0.3 is 11.1 Å². The van der Waals surface area contributed by atoms with E-state index in [0.29, 0.717) is 0 Å². The first kappa shape index (κ1) is 12.1. The van der Waals surface area contributed by atoms with Crippen LogP contribution in [0.4, 0.5) is 0 Å². The van der Waals surface area contributed by atoms with Crippen LogP contribution >= 0.6 is 0 Å². The number of amidine groups is 1. The van der Waals surface area contributed by atoms with Gasteiger partial charge in [0.25, 0.3) is 0 Å². The molecule has 0 heterocycles. The topological polar surface area (TPSA) is 110 Å². The number of hydrogen-bond acceptors (Lipinski definition) is 3. The van der Waals surface area contributed by atoms with Crippen LogP contribution in [0.15, 0.2) is 23.3 Å². The summed E-state index contributed by atoms with van der Waals surface area (Å²) < 4.78 is 0. The molecular formula is C12H16N6. The number of nitrogens with one attached hydrogen (secondary N) is 4. The molecule has 1 aliphatic rings. The Morgan fingerprint density at radius 2 is 2.11 bits per heavy atom. The van der Waals surface area contributed by atoms with Crippen LogP contribution in [0.25, 0.3) is 0 Å². The Morgan fingerprint density at radius 3 is 2.78 bits per heavy atom. The van der Waals surface area contributed by atoms with Crippen molar-refractivity contribution in [1.29, 1.82) is 10.8 Å². The molecule has 1 aliphatic carbocycles. The van der Waals surface area contributed by atoms with Crippen LogP contribution in [-0.2, 0) is 6.42 Å². The molecule has 0 radical (unpaired) electrons. The SMILES string of the molecule is CNC(=N)N/N=C1\CCc2c(C(=N)N)cccc21. The number of nitrogens with zero attached hydrogens (tertiary/aromatic N) is 1. The highest BCUT2D eigenvalue weighted by atomic mass is 15.4. The van der Waals surface area contributed by atoms with E-state index in [1.807, 2.05) is 18.2 Å². The summed E-state index contributed by atoms with van der Waals surface area (Å²) in [4.78, 5) is 0. The Morgan fingerprint density at radius 1 is 1.33 bits per heavy atom. The third-order valence-electron chi connectivity index (χ3n) is 2.94. The van der Waals surface area contributed by atoms with E-state index < -0.39 is 0 Å². The van der Waals surface area contributed by atoms with Crippen LogP contribution in [0.1, 0.15) is 23.1 Å². The molecule has 0 atom stereocenters. The Kier molecular flexibility index (Phi) is 3.27. The molecule has 1 aromatic carbocycles. The number of guanidine groups is 1. The average molecular weight is 244 g/mol. The van der Waals surface area contributed by atoms with Gasteiger partial charge in [0, 0.05) is 18.2 Å². The number of hydrazone groups is 1. The Bertz CT molecular complexity index is 531. The summed E-state index contributed by atoms with van der Waals surface area (Å²) in [7, 11) is 1.66. The molecule has 2 rings (SSSR count). The molecule has 1 aromatic rings. The molecule has 0 unspecified atom stereocenters. The number of nitrogen functional groups attached to an aromatic ring is 1. The Balaban J connectivity index is 2.31. The fourth-order valence-corrected chi connectivity index (χ4v) is 2.05. The molecule has 6 heteroatoms. The summed E-state index contributed by atoms with van der Waals surface area (Å²) in [5.74, 6) is 0.239. The summed E-state index contributed by atoms with van der Waals surface area (Å²) >= 11 is 0. The highest BCUT2D eigenvalue weighted by Crippen LogP contribution is 2.25. The van der Waals surface area contributed by atoms with Gasteiger partial charge in [-0.05, 0) is 18.4 Å². The predicted molar refractivity (Wildman–Crippen MR) is 72.2 cm³/mol. The molecule has 0 aliphatic heterocycles. The van der Waals surface area contributed by atoms with E-state index in [1.165, 1.54) is 0 Å². The number of benzene rings is 1. The van der Waals surface area contributed by atoms with Gasteiger partial charge in [0.1, 0.15) is 5.84 Å². The molecular weight excluding hydrogens is 228 g/mol. The zero-order valence-electron chi connectivity index (χ0n) is 10.2. The van der Waals surface area contributed by atoms with Crippen molar-refractivity contribution in [2.45, 2.75) is 12.8 Å². The molecule has 6 nitrogen and oxygen atoms in total. The van der Waals surface area contributed by atoms with Gasteiger partial charge in [-0.3, -0.25) is 10.8 Å². The maximum atomic E-state index is 7.55. The lowest BCUT2D eigenvalue weighted by Gasteiger charge is -2.06. The van der Waals surface area contributed by atoms with Crippen LogP contribution in [0, 0.1) is 10.8 Å². The second-order valence-electron chi connectivity index (χ2n) is 4.04. The second kappa shape index (κ2) is 4.87. The van der Waals surface area contributed by atoms with E-state index in [2.05, 4.69) is 15.8 Å². The highest BCUT2D eigenvalue weighted by Gasteiger charge is 2.21. The van der Waals surface area contributed by atoms with Gasteiger partial charge in [0.2, 0.25) is 5.96 Å². The normalized spacial score (nSPS) is 15.3. The van der Waals surface area contributed by atoms with E-state index >= 15 is 0 Å². The fraction of sp³-hybridized carbons (Fsp3) is 0.250. The van der Waals surface area contributed by atoms with Crippen LogP contribution in [0.3, 0.4) is 0 Å². The van der Waals surface area contributed by atoms with Gasteiger partial charge in [0.05, 0.1) is 5.71 Å². The molecule has 0 bridgehead atoms. The summed E-state index contributed by atoms with van der Waals surface area (Å²) in [5.41, 5.74) is 12.0. The summed E-state index contributed by atoms with van der Waals surface area (Å²) in [6, 6.07) is 5.70. The zero-order chi connectivity index (χ0) is 13.1. The minimum atomic E-state index is 0.0871. The van der Waals surface area contributed by atoms with Gasteiger partial charge in [-0.1, -0.05) is 18.2 Å². The molecule has 0 spiro atoms. The van der Waals surface area contributed by atoms with Gasteiger partial charge in [-0.25, -0.2) is 5.43 Å². The summed E-state index contributed by atoms with van der Waals surface area (Å²) in [5, 5.41) is 21.8. The minimum Gasteiger partial charge on any atom is -0.384 e. The van der Waals surface area contributed by atoms with Crippen LogP contribution in [-0.4, -0.2) is 24.6 Å². The molecule has 0 fully saturated rings. The molecule has 18 heavy (non-hydrogen) atoms. The number of fused-ring (bicyclic) bond motifs is 1. The number of rotatable bonds is 2. The zero-order valence-corrected chi connectivity index (χ0v) is 10.2. The van der Waals surface area contributed by atoms with E-state index in [1.54, 1.807) is 7.05 Å². The maximum absolute atomic E-state index is 7.55. The van der Waals surface area contributed by atoms with Crippen LogP contribution in [0.5, 0.6) is 0 Å². The number of nitrogens with two attached hydrogens (primary N) is 1. The smallest absolute Gasteiger partial charge is 0.208 e. The van der Waals surface area contributed by atoms with E-state index in [9.17, 15) is 0 Å². The Hall–Kier alpha value is -2.37. The standard InChI is InChI=1S/C12H16N6/c1-16-12(15)18-17-10-6-5-7-8(10)3-2-4-9(7)11(13)14/h2-4H,5-6H2,1H3,(H3,13,14)(H3,15,16,18)/b17-10+. The van der Waals surface area contributed by atoms with Crippen LogP contribution < -0.4 is 16.5 Å². The first-order valence-corrected chi connectivity index (χ1v) is 5.69. The minimum absolute atomic E-state index is 0.0871. The van der Waals surface area contributed by atoms with Crippen molar-refractivity contribution < 1.29 is 0 Å². The van der Waals surface area contributed by atoms with E-state index in [0.717, 1.165) is 35.2 Å². The van der Waals surface area contributed by atoms with Crippen molar-refractivity contribution in [1.82, 2.24) is 10.7 Å². The third-order valence-corrected chi connectivity index (χ3v) is 2.94. The lowest BCUT2D eigenvalue weighted by Crippen LogP contribution is -2.30. The average Bonchev–Trinajstić information content (AvgIpc) is 2.78. The van der Waals surface area contributed by atoms with Crippen molar-refractivity contribution >= 4 is 17.5 Å². The number of hydrogen-bond donors (Lipinski definition) is 5. The molecule has 0 saturated carbocycles. The molecule has 0 amide bonds. The monoisotopic (exact) mass is 244 g/mol. The lowest BCUT2D eigenvalue weighted by atomic mass is 10.0. The van der Waals surface area contributed by atoms with Crippen molar-refractivity contribution in [3.05, 3.63) is 34.9 Å². The Labute approximate surface area is 105 Å². The van der Waals surface area contributed by atoms with E-state index in [-0.39, 0.29) is 11.8 Å². The predicted octanol–water partition coefficient (Wildman–Crippen LogP) is 0.365. The van der Waals surface area contributed by atoms with Crippen molar-refractivity contribution in [2.75, 3.05) is 7.05 Å². The van der Waals surface area contributed by atoms with Gasteiger partial charge in [-0.2, -0.15) is 5.10 Å². The largest absolute Gasteiger partial charge is 0.384 e. The summed E-state index contributed by atoms with van der Waals surface area (Å²) in [6.07, 6.45) is 1.63. The summed E-state index contributed by atoms with van der Waals surface area (Å²) in [6.45, 7) is 0. The lowest BCUT2D eigenvalue weighted by molar-refractivity contribution is 0.923. The van der Waals surface area contributed by atoms with Gasteiger partial charge >= 0.3 is 0 Å². The van der Waals surface area contributed by atoms with Crippen molar-refractivity contribution in [3.63, 3.8) is 0 Å².